The van der Waals surface area contributed by atoms with Crippen molar-refractivity contribution in [2.75, 3.05) is 5.32 Å². The normalized spacial score (nSPS) is 14.6. The van der Waals surface area contributed by atoms with Crippen LogP contribution in [0, 0.1) is 12.7 Å². The maximum absolute atomic E-state index is 13.7. The molecule has 0 aliphatic heterocycles. The highest BCUT2D eigenvalue weighted by molar-refractivity contribution is 5.49. The van der Waals surface area contributed by atoms with Crippen LogP contribution in [0.15, 0.2) is 42.5 Å². The molecule has 0 spiro atoms. The first-order chi connectivity index (χ1) is 8.72. The Kier molecular flexibility index (Phi) is 2.78. The number of hydrogen-bond acceptors (Lipinski definition) is 1. The van der Waals surface area contributed by atoms with Crippen LogP contribution in [0.4, 0.5) is 10.1 Å². The van der Waals surface area contributed by atoms with E-state index in [1.165, 1.54) is 17.2 Å². The minimum absolute atomic E-state index is 0.170. The monoisotopic (exact) mass is 241 g/mol. The van der Waals surface area contributed by atoms with Crippen molar-refractivity contribution in [3.63, 3.8) is 0 Å². The average Bonchev–Trinajstić information content (AvgIpc) is 2.76. The van der Waals surface area contributed by atoms with Crippen LogP contribution in [0.3, 0.4) is 0 Å². The second-order valence-corrected chi connectivity index (χ2v) is 5.00. The third kappa shape index (κ3) is 2.10. The second kappa shape index (κ2) is 4.45. The summed E-state index contributed by atoms with van der Waals surface area (Å²) in [5.74, 6) is -0.170. The first-order valence-electron chi connectivity index (χ1n) is 6.32. The van der Waals surface area contributed by atoms with Gasteiger partial charge in [0, 0.05) is 6.04 Å². The molecule has 0 heterocycles. The predicted octanol–water partition coefficient (Wildman–Crippen LogP) is 3.71. The lowest BCUT2D eigenvalue weighted by molar-refractivity contribution is 0.624. The van der Waals surface area contributed by atoms with Crippen molar-refractivity contribution in [2.24, 2.45) is 0 Å². The Morgan fingerprint density at radius 3 is 2.39 bits per heavy atom. The minimum atomic E-state index is -0.170. The number of aryl methyl sites for hydroxylation is 1. The van der Waals surface area contributed by atoms with E-state index in [1.54, 1.807) is 6.07 Å². The van der Waals surface area contributed by atoms with E-state index >= 15 is 0 Å². The summed E-state index contributed by atoms with van der Waals surface area (Å²) in [7, 11) is 0. The molecule has 2 aromatic carbocycles. The van der Waals surface area contributed by atoms with E-state index < -0.39 is 0 Å². The van der Waals surface area contributed by atoms with Gasteiger partial charge in [-0.15, -0.1) is 0 Å². The average molecular weight is 241 g/mol. The fraction of sp³-hybridized carbons (Fsp3) is 0.250. The molecule has 18 heavy (non-hydrogen) atoms. The molecule has 0 radical (unpaired) electrons. The SMILES string of the molecule is Cc1ccc(F)c(NC2Cc3ccccc3C2)c1. The molecule has 0 amide bonds. The lowest BCUT2D eigenvalue weighted by atomic mass is 10.1. The van der Waals surface area contributed by atoms with Gasteiger partial charge >= 0.3 is 0 Å². The Hall–Kier alpha value is -1.83. The minimum Gasteiger partial charge on any atom is -0.379 e. The van der Waals surface area contributed by atoms with E-state index in [0.717, 1.165) is 18.4 Å². The number of hydrogen-bond donors (Lipinski definition) is 1. The van der Waals surface area contributed by atoms with Gasteiger partial charge < -0.3 is 5.32 Å². The summed E-state index contributed by atoms with van der Waals surface area (Å²) in [6.45, 7) is 1.98. The predicted molar refractivity (Wildman–Crippen MR) is 72.4 cm³/mol. The van der Waals surface area contributed by atoms with Crippen LogP contribution in [0.1, 0.15) is 16.7 Å². The molecular weight excluding hydrogens is 225 g/mol. The van der Waals surface area contributed by atoms with Gasteiger partial charge in [0.05, 0.1) is 5.69 Å². The van der Waals surface area contributed by atoms with Crippen molar-refractivity contribution < 1.29 is 4.39 Å². The van der Waals surface area contributed by atoms with Gasteiger partial charge in [0.15, 0.2) is 0 Å². The van der Waals surface area contributed by atoms with E-state index in [0.29, 0.717) is 11.7 Å². The molecule has 0 saturated carbocycles. The van der Waals surface area contributed by atoms with Crippen molar-refractivity contribution in [1.82, 2.24) is 0 Å². The Balaban J connectivity index is 1.78. The van der Waals surface area contributed by atoms with E-state index in [1.807, 2.05) is 13.0 Å². The summed E-state index contributed by atoms with van der Waals surface area (Å²) >= 11 is 0. The molecule has 1 N–H and O–H groups in total. The maximum Gasteiger partial charge on any atom is 0.146 e. The van der Waals surface area contributed by atoms with Gasteiger partial charge in [0.25, 0.3) is 0 Å². The standard InChI is InChI=1S/C16H16FN/c1-11-6-7-15(17)16(8-11)18-14-9-12-4-2-3-5-13(12)10-14/h2-8,14,18H,9-10H2,1H3. The van der Waals surface area contributed by atoms with Crippen LogP contribution < -0.4 is 5.32 Å². The first-order valence-corrected chi connectivity index (χ1v) is 6.32. The van der Waals surface area contributed by atoms with Crippen molar-refractivity contribution in [3.05, 3.63) is 65.0 Å². The van der Waals surface area contributed by atoms with E-state index in [9.17, 15) is 4.39 Å². The lowest BCUT2D eigenvalue weighted by Crippen LogP contribution is -2.20. The zero-order valence-electron chi connectivity index (χ0n) is 10.4. The molecule has 0 bridgehead atoms. The highest BCUT2D eigenvalue weighted by Gasteiger charge is 2.21. The van der Waals surface area contributed by atoms with Crippen molar-refractivity contribution in [2.45, 2.75) is 25.8 Å². The largest absolute Gasteiger partial charge is 0.379 e. The molecule has 1 nitrogen and oxygen atoms in total. The Labute approximate surface area is 107 Å². The van der Waals surface area contributed by atoms with Crippen molar-refractivity contribution >= 4 is 5.69 Å². The van der Waals surface area contributed by atoms with Gasteiger partial charge in [-0.25, -0.2) is 4.39 Å². The highest BCUT2D eigenvalue weighted by Crippen LogP contribution is 2.25. The number of halogens is 1. The number of anilines is 1. The summed E-state index contributed by atoms with van der Waals surface area (Å²) < 4.78 is 13.7. The molecule has 3 rings (SSSR count). The van der Waals surface area contributed by atoms with Crippen LogP contribution in [-0.4, -0.2) is 6.04 Å². The third-order valence-electron chi connectivity index (χ3n) is 3.53. The summed E-state index contributed by atoms with van der Waals surface area (Å²) in [6, 6.07) is 13.9. The molecule has 0 aromatic heterocycles. The smallest absolute Gasteiger partial charge is 0.146 e. The maximum atomic E-state index is 13.7. The summed E-state index contributed by atoms with van der Waals surface area (Å²) in [4.78, 5) is 0. The number of rotatable bonds is 2. The zero-order valence-corrected chi connectivity index (χ0v) is 10.4. The lowest BCUT2D eigenvalue weighted by Gasteiger charge is -2.14. The summed E-state index contributed by atoms with van der Waals surface area (Å²) in [5.41, 5.74) is 4.45. The second-order valence-electron chi connectivity index (χ2n) is 5.00. The molecule has 2 heteroatoms. The fourth-order valence-corrected chi connectivity index (χ4v) is 2.63. The molecule has 0 saturated heterocycles. The highest BCUT2D eigenvalue weighted by atomic mass is 19.1. The summed E-state index contributed by atoms with van der Waals surface area (Å²) in [6.07, 6.45) is 1.95. The van der Waals surface area contributed by atoms with E-state index in [2.05, 4.69) is 29.6 Å². The van der Waals surface area contributed by atoms with Gasteiger partial charge in [-0.2, -0.15) is 0 Å². The Bertz CT molecular complexity index is 552. The summed E-state index contributed by atoms with van der Waals surface area (Å²) in [5, 5.41) is 3.32. The Morgan fingerprint density at radius 2 is 1.72 bits per heavy atom. The van der Waals surface area contributed by atoms with Crippen LogP contribution in [0.2, 0.25) is 0 Å². The van der Waals surface area contributed by atoms with E-state index in [-0.39, 0.29) is 5.82 Å². The fourth-order valence-electron chi connectivity index (χ4n) is 2.63. The molecule has 0 unspecified atom stereocenters. The van der Waals surface area contributed by atoms with Crippen molar-refractivity contribution in [1.29, 1.82) is 0 Å². The van der Waals surface area contributed by atoms with Crippen LogP contribution in [0.25, 0.3) is 0 Å². The van der Waals surface area contributed by atoms with Gasteiger partial charge in [0.1, 0.15) is 5.82 Å². The number of nitrogens with one attached hydrogen (secondary N) is 1. The van der Waals surface area contributed by atoms with Gasteiger partial charge in [-0.05, 0) is 48.6 Å². The zero-order chi connectivity index (χ0) is 12.5. The molecule has 0 fully saturated rings. The molecule has 0 atom stereocenters. The van der Waals surface area contributed by atoms with Crippen molar-refractivity contribution in [3.8, 4) is 0 Å². The number of benzene rings is 2. The van der Waals surface area contributed by atoms with Gasteiger partial charge in [-0.1, -0.05) is 30.3 Å². The quantitative estimate of drug-likeness (QED) is 0.845. The molecule has 92 valence electrons. The van der Waals surface area contributed by atoms with Crippen LogP contribution in [0.5, 0.6) is 0 Å². The topological polar surface area (TPSA) is 12.0 Å². The molecular formula is C16H16FN. The molecule has 2 aromatic rings. The van der Waals surface area contributed by atoms with Crippen LogP contribution in [-0.2, 0) is 12.8 Å². The van der Waals surface area contributed by atoms with Crippen LogP contribution >= 0.6 is 0 Å². The van der Waals surface area contributed by atoms with Gasteiger partial charge in [-0.3, -0.25) is 0 Å². The first kappa shape index (κ1) is 11.3. The van der Waals surface area contributed by atoms with Gasteiger partial charge in [0.2, 0.25) is 0 Å². The molecule has 1 aliphatic carbocycles. The molecule has 1 aliphatic rings. The van der Waals surface area contributed by atoms with E-state index in [4.69, 9.17) is 0 Å². The third-order valence-corrected chi connectivity index (χ3v) is 3.53. The number of fused-ring (bicyclic) bond motifs is 1. The Morgan fingerprint density at radius 1 is 1.06 bits per heavy atom.